The molecule has 1 fully saturated rings. The van der Waals surface area contributed by atoms with Gasteiger partial charge in [-0.05, 0) is 6.42 Å². The molecule has 0 atom stereocenters. The molecule has 1 heterocycles. The van der Waals surface area contributed by atoms with E-state index in [9.17, 15) is 8.42 Å². The van der Waals surface area contributed by atoms with Crippen molar-refractivity contribution in [1.29, 1.82) is 0 Å². The number of quaternary nitrogens is 1. The van der Waals surface area contributed by atoms with Gasteiger partial charge in [-0.3, -0.25) is 4.55 Å². The van der Waals surface area contributed by atoms with Crippen molar-refractivity contribution in [2.24, 2.45) is 0 Å². The number of hydrogen-bond donors (Lipinski definition) is 1. The molecule has 0 amide bonds. The number of hydroxylamine groups is 2. The van der Waals surface area contributed by atoms with Crippen molar-refractivity contribution in [2.75, 3.05) is 45.7 Å². The lowest BCUT2D eigenvalue weighted by atomic mass is 10.0. The summed E-state index contributed by atoms with van der Waals surface area (Å²) in [6.07, 6.45) is 2.44. The molecule has 0 aliphatic carbocycles. The average Bonchev–Trinajstić information content (AvgIpc) is 2.32. The van der Waals surface area contributed by atoms with Crippen LogP contribution >= 0.6 is 12.0 Å². The maximum atomic E-state index is 10.5. The molecule has 0 saturated carbocycles. The summed E-state index contributed by atoms with van der Waals surface area (Å²) in [6.45, 7) is 1.65. The van der Waals surface area contributed by atoms with Gasteiger partial charge in [-0.15, -0.1) is 9.32 Å². The molecule has 7 nitrogen and oxygen atoms in total. The minimum Gasteiger partial charge on any atom is -0.328 e. The van der Waals surface area contributed by atoms with Crippen molar-refractivity contribution in [3.63, 3.8) is 0 Å². The molecule has 0 unspecified atom stereocenters. The Balaban J connectivity index is 2.05. The Bertz CT molecular complexity index is 375. The molecule has 1 N–H and O–H groups in total. The van der Waals surface area contributed by atoms with Crippen molar-refractivity contribution in [2.45, 2.75) is 25.3 Å². The Morgan fingerprint density at radius 3 is 2.40 bits per heavy atom. The van der Waals surface area contributed by atoms with Crippen LogP contribution in [-0.4, -0.2) is 74.3 Å². The maximum absolute atomic E-state index is 10.5. The van der Waals surface area contributed by atoms with E-state index in [1.165, 1.54) is 0 Å². The van der Waals surface area contributed by atoms with E-state index in [0.717, 1.165) is 42.5 Å². The fourth-order valence-corrected chi connectivity index (χ4v) is 3.24. The second-order valence-electron chi connectivity index (χ2n) is 5.88. The van der Waals surface area contributed by atoms with Gasteiger partial charge in [0, 0.05) is 43.7 Å². The lowest BCUT2D eigenvalue weighted by molar-refractivity contribution is -0.897. The maximum Gasteiger partial charge on any atom is 0.264 e. The molecule has 20 heavy (non-hydrogen) atoms. The highest BCUT2D eigenvalue weighted by molar-refractivity contribution is 7.94. The van der Waals surface area contributed by atoms with Crippen LogP contribution < -0.4 is 0 Å². The summed E-state index contributed by atoms with van der Waals surface area (Å²) in [5.74, 6) is 0.202. The third kappa shape index (κ3) is 7.77. The zero-order chi connectivity index (χ0) is 15.2. The largest absolute Gasteiger partial charge is 0.328 e. The first-order valence-corrected chi connectivity index (χ1v) is 9.18. The molecule has 0 aromatic carbocycles. The Hall–Kier alpha value is 0.1000. The normalized spacial score (nSPS) is 19.4. The predicted molar refractivity (Wildman–Crippen MR) is 78.3 cm³/mol. The van der Waals surface area contributed by atoms with Crippen molar-refractivity contribution >= 4 is 22.2 Å². The molecule has 9 heteroatoms. The van der Waals surface area contributed by atoms with Gasteiger partial charge in [0.05, 0.1) is 32.9 Å². The van der Waals surface area contributed by atoms with Gasteiger partial charge in [-0.25, -0.2) is 0 Å². The fraction of sp³-hybridized carbons (Fsp3) is 1.00. The van der Waals surface area contributed by atoms with E-state index in [1.54, 1.807) is 5.06 Å². The molecule has 0 aromatic heterocycles. The molecule has 1 aliphatic rings. The van der Waals surface area contributed by atoms with Crippen LogP contribution in [0.2, 0.25) is 0 Å². The van der Waals surface area contributed by atoms with Gasteiger partial charge in [0.2, 0.25) is 0 Å². The second kappa shape index (κ2) is 7.92. The minimum absolute atomic E-state index is 0.252. The quantitative estimate of drug-likeness (QED) is 0.177. The fourth-order valence-electron chi connectivity index (χ4n) is 2.09. The van der Waals surface area contributed by atoms with Gasteiger partial charge < -0.3 is 4.48 Å². The third-order valence-electron chi connectivity index (χ3n) is 3.33. The van der Waals surface area contributed by atoms with E-state index in [4.69, 9.17) is 13.9 Å². The summed E-state index contributed by atoms with van der Waals surface area (Å²) in [4.78, 5) is 5.15. The van der Waals surface area contributed by atoms with Crippen LogP contribution in [0.5, 0.6) is 0 Å². The Kier molecular flexibility index (Phi) is 7.19. The highest BCUT2D eigenvalue weighted by atomic mass is 32.2. The highest BCUT2D eigenvalue weighted by Gasteiger charge is 2.29. The molecule has 120 valence electrons. The smallest absolute Gasteiger partial charge is 0.264 e. The number of nitrogens with zero attached hydrogens (tertiary/aromatic N) is 2. The predicted octanol–water partition coefficient (Wildman–Crippen LogP) is 0.946. The molecule has 1 rings (SSSR count). The van der Waals surface area contributed by atoms with Gasteiger partial charge in [0.15, 0.2) is 0 Å². The summed E-state index contributed by atoms with van der Waals surface area (Å²) in [7, 11) is 2.72. The lowest BCUT2D eigenvalue weighted by Crippen LogP contribution is -2.50. The van der Waals surface area contributed by atoms with E-state index in [0.29, 0.717) is 18.2 Å². The summed E-state index contributed by atoms with van der Waals surface area (Å²) < 4.78 is 35.5. The number of piperidine rings is 1. The first kappa shape index (κ1) is 18.1. The van der Waals surface area contributed by atoms with Gasteiger partial charge in [0.1, 0.15) is 0 Å². The van der Waals surface area contributed by atoms with E-state index < -0.39 is 10.1 Å². The summed E-state index contributed by atoms with van der Waals surface area (Å²) in [5.41, 5.74) is 0. The first-order valence-electron chi connectivity index (χ1n) is 6.66. The van der Waals surface area contributed by atoms with E-state index in [1.807, 2.05) is 0 Å². The molecule has 1 aliphatic heterocycles. The molecule has 0 spiro atoms. The standard InChI is InChI=1S/C11H24N2O5S2/c1-13(2,3)11-5-7-12(8-6-11)17-18-19-9-4-10-20(14,15)16/h11H,4-10H2,1-3H3/p+1. The van der Waals surface area contributed by atoms with Crippen LogP contribution in [0.1, 0.15) is 19.3 Å². The average molecular weight is 329 g/mol. The lowest BCUT2D eigenvalue weighted by Gasteiger charge is -2.38. The van der Waals surface area contributed by atoms with E-state index >= 15 is 0 Å². The summed E-state index contributed by atoms with van der Waals surface area (Å²) >= 11 is 1.05. The van der Waals surface area contributed by atoms with Crippen molar-refractivity contribution in [3.05, 3.63) is 0 Å². The van der Waals surface area contributed by atoms with Crippen LogP contribution in [0.3, 0.4) is 0 Å². The second-order valence-corrected chi connectivity index (χ2v) is 8.23. The van der Waals surface area contributed by atoms with Crippen LogP contribution in [-0.2, 0) is 19.4 Å². The topological polar surface area (TPSA) is 76.1 Å². The van der Waals surface area contributed by atoms with Crippen molar-refractivity contribution in [3.8, 4) is 0 Å². The molecule has 0 aromatic rings. The number of hydrogen-bond acceptors (Lipinski definition) is 6. The summed E-state index contributed by atoms with van der Waals surface area (Å²) in [6, 6.07) is 0.636. The third-order valence-corrected chi connectivity index (χ3v) is 4.75. The van der Waals surface area contributed by atoms with Crippen LogP contribution in [0, 0.1) is 0 Å². The Morgan fingerprint density at radius 2 is 1.90 bits per heavy atom. The van der Waals surface area contributed by atoms with Crippen LogP contribution in [0.25, 0.3) is 0 Å². The van der Waals surface area contributed by atoms with Gasteiger partial charge in [-0.2, -0.15) is 13.5 Å². The van der Waals surface area contributed by atoms with E-state index in [2.05, 4.69) is 21.1 Å². The van der Waals surface area contributed by atoms with Crippen molar-refractivity contribution in [1.82, 2.24) is 5.06 Å². The SMILES string of the molecule is C[N+](C)(C)C1CCN(OOSCCCS(=O)(=O)O)CC1. The molecule has 1 saturated heterocycles. The van der Waals surface area contributed by atoms with Crippen LogP contribution in [0.15, 0.2) is 0 Å². The molecular formula is C11H25N2O5S2+. The van der Waals surface area contributed by atoms with Gasteiger partial charge >= 0.3 is 0 Å². The van der Waals surface area contributed by atoms with E-state index in [-0.39, 0.29) is 5.75 Å². The zero-order valence-corrected chi connectivity index (χ0v) is 14.0. The van der Waals surface area contributed by atoms with Crippen molar-refractivity contribution < 1.29 is 26.8 Å². The Morgan fingerprint density at radius 1 is 1.30 bits per heavy atom. The Labute approximate surface area is 125 Å². The highest BCUT2D eigenvalue weighted by Crippen LogP contribution is 2.19. The van der Waals surface area contributed by atoms with Crippen LogP contribution in [0.4, 0.5) is 0 Å². The monoisotopic (exact) mass is 329 g/mol. The molecular weight excluding hydrogens is 304 g/mol. The van der Waals surface area contributed by atoms with Gasteiger partial charge in [-0.1, -0.05) is 0 Å². The molecule has 0 bridgehead atoms. The first-order chi connectivity index (χ1) is 9.18. The van der Waals surface area contributed by atoms with Gasteiger partial charge in [0.25, 0.3) is 10.1 Å². The zero-order valence-electron chi connectivity index (χ0n) is 12.3. The molecule has 0 radical (unpaired) electrons. The summed E-state index contributed by atoms with van der Waals surface area (Å²) in [5, 5.41) is 1.78. The number of rotatable bonds is 8. The minimum atomic E-state index is -3.87.